The van der Waals surface area contributed by atoms with Crippen molar-refractivity contribution in [2.24, 2.45) is 5.92 Å². The molecule has 1 aliphatic heterocycles. The van der Waals surface area contributed by atoms with Crippen molar-refractivity contribution in [1.82, 2.24) is 10.2 Å². The molecule has 1 amide bonds. The lowest BCUT2D eigenvalue weighted by Crippen LogP contribution is -2.35. The fourth-order valence-corrected chi connectivity index (χ4v) is 2.84. The molecule has 3 heteroatoms. The Balaban J connectivity index is 1.76. The van der Waals surface area contributed by atoms with E-state index in [2.05, 4.69) is 41.5 Å². The molecule has 0 aromatic heterocycles. The maximum absolute atomic E-state index is 12.3. The molecule has 2 fully saturated rings. The molecule has 1 aromatic rings. The van der Waals surface area contributed by atoms with Gasteiger partial charge in [0.2, 0.25) is 5.91 Å². The third-order valence-electron chi connectivity index (χ3n) is 3.99. The van der Waals surface area contributed by atoms with Gasteiger partial charge in [-0.1, -0.05) is 30.3 Å². The third kappa shape index (κ3) is 2.41. The summed E-state index contributed by atoms with van der Waals surface area (Å²) >= 11 is 0. The van der Waals surface area contributed by atoms with Crippen molar-refractivity contribution >= 4 is 5.91 Å². The number of carbonyl (C=O) groups excluding carboxylic acids is 1. The van der Waals surface area contributed by atoms with E-state index in [1.165, 1.54) is 5.56 Å². The van der Waals surface area contributed by atoms with Crippen LogP contribution in [0.1, 0.15) is 24.3 Å². The molecule has 0 spiro atoms. The first-order valence-electron chi connectivity index (χ1n) is 6.78. The van der Waals surface area contributed by atoms with E-state index in [9.17, 15) is 4.79 Å². The van der Waals surface area contributed by atoms with Crippen molar-refractivity contribution < 1.29 is 4.79 Å². The van der Waals surface area contributed by atoms with Crippen molar-refractivity contribution in [2.75, 3.05) is 20.1 Å². The third-order valence-corrected chi connectivity index (χ3v) is 3.99. The highest BCUT2D eigenvalue weighted by molar-refractivity contribution is 5.81. The average Bonchev–Trinajstić information content (AvgIpc) is 3.10. The molecule has 2 atom stereocenters. The van der Waals surface area contributed by atoms with Crippen LogP contribution in [0.3, 0.4) is 0 Å². The van der Waals surface area contributed by atoms with Gasteiger partial charge in [-0.25, -0.2) is 0 Å². The highest BCUT2D eigenvalue weighted by atomic mass is 16.2. The summed E-state index contributed by atoms with van der Waals surface area (Å²) in [5.74, 6) is 0.698. The van der Waals surface area contributed by atoms with E-state index in [0.29, 0.717) is 12.0 Å². The second kappa shape index (κ2) is 4.73. The van der Waals surface area contributed by atoms with E-state index in [4.69, 9.17) is 0 Å². The molecular formula is C15H20N2O. The maximum atomic E-state index is 12.3. The number of benzene rings is 1. The van der Waals surface area contributed by atoms with Crippen LogP contribution in [0.15, 0.2) is 30.3 Å². The number of rotatable bonds is 3. The molecule has 3 rings (SSSR count). The average molecular weight is 244 g/mol. The Morgan fingerprint density at radius 3 is 2.61 bits per heavy atom. The smallest absolute Gasteiger partial charge is 0.225 e. The molecule has 0 radical (unpaired) electrons. The van der Waals surface area contributed by atoms with E-state index in [-0.39, 0.29) is 11.8 Å². The summed E-state index contributed by atoms with van der Waals surface area (Å²) in [5, 5.41) is 3.15. The van der Waals surface area contributed by atoms with E-state index < -0.39 is 0 Å². The lowest BCUT2D eigenvalue weighted by atomic mass is 9.88. The normalized spacial score (nSPS) is 28.3. The molecule has 0 unspecified atom stereocenters. The number of carbonyl (C=O) groups is 1. The molecule has 1 heterocycles. The highest BCUT2D eigenvalue weighted by Crippen LogP contribution is 2.32. The van der Waals surface area contributed by atoms with Gasteiger partial charge in [0.05, 0.1) is 5.92 Å². The fraction of sp³-hybridized carbons (Fsp3) is 0.533. The van der Waals surface area contributed by atoms with Crippen LogP contribution in [0, 0.1) is 5.92 Å². The van der Waals surface area contributed by atoms with E-state index in [1.54, 1.807) is 0 Å². The minimum atomic E-state index is 0.109. The van der Waals surface area contributed by atoms with Crippen molar-refractivity contribution in [3.8, 4) is 0 Å². The van der Waals surface area contributed by atoms with Gasteiger partial charge in [-0.3, -0.25) is 4.79 Å². The number of likely N-dealkylation sites (tertiary alicyclic amines) is 1. The molecule has 18 heavy (non-hydrogen) atoms. The summed E-state index contributed by atoms with van der Waals surface area (Å²) in [6, 6.07) is 10.9. The zero-order valence-corrected chi connectivity index (χ0v) is 10.8. The standard InChI is InChI=1S/C15H20N2O/c1-17-9-13(11-5-3-2-4-6-11)14(10-17)15(18)16-12-7-8-12/h2-6,12-14H,7-10H2,1H3,(H,16,18)/t13-,14+/m0/s1. The minimum Gasteiger partial charge on any atom is -0.353 e. The van der Waals surface area contributed by atoms with Crippen LogP contribution in [-0.4, -0.2) is 37.0 Å². The minimum absolute atomic E-state index is 0.109. The van der Waals surface area contributed by atoms with Gasteiger partial charge in [0.15, 0.2) is 0 Å². The number of hydrogen-bond acceptors (Lipinski definition) is 2. The molecular weight excluding hydrogens is 224 g/mol. The second-order valence-corrected chi connectivity index (χ2v) is 5.63. The van der Waals surface area contributed by atoms with Crippen LogP contribution < -0.4 is 5.32 Å². The summed E-state index contributed by atoms with van der Waals surface area (Å²) in [4.78, 5) is 14.5. The van der Waals surface area contributed by atoms with Crippen LogP contribution >= 0.6 is 0 Å². The number of amides is 1. The van der Waals surface area contributed by atoms with Crippen LogP contribution in [0.2, 0.25) is 0 Å². The van der Waals surface area contributed by atoms with Gasteiger partial charge in [-0.2, -0.15) is 0 Å². The summed E-state index contributed by atoms with van der Waals surface area (Å²) in [6.45, 7) is 1.85. The van der Waals surface area contributed by atoms with Gasteiger partial charge in [-0.05, 0) is 25.5 Å². The Hall–Kier alpha value is -1.35. The van der Waals surface area contributed by atoms with Gasteiger partial charge < -0.3 is 10.2 Å². The largest absolute Gasteiger partial charge is 0.353 e. The molecule has 96 valence electrons. The van der Waals surface area contributed by atoms with Crippen LogP contribution in [0.25, 0.3) is 0 Å². The van der Waals surface area contributed by atoms with Gasteiger partial charge in [0.1, 0.15) is 0 Å². The predicted octanol–water partition coefficient (Wildman–Crippen LogP) is 1.61. The van der Waals surface area contributed by atoms with Crippen LogP contribution in [-0.2, 0) is 4.79 Å². The van der Waals surface area contributed by atoms with Gasteiger partial charge >= 0.3 is 0 Å². The topological polar surface area (TPSA) is 32.3 Å². The molecule has 1 aromatic carbocycles. The molecule has 1 saturated heterocycles. The van der Waals surface area contributed by atoms with Gasteiger partial charge in [0.25, 0.3) is 0 Å². The Bertz CT molecular complexity index is 427. The predicted molar refractivity (Wildman–Crippen MR) is 71.3 cm³/mol. The summed E-state index contributed by atoms with van der Waals surface area (Å²) in [7, 11) is 2.10. The second-order valence-electron chi connectivity index (χ2n) is 5.63. The van der Waals surface area contributed by atoms with Crippen molar-refractivity contribution in [2.45, 2.75) is 24.8 Å². The summed E-state index contributed by atoms with van der Waals surface area (Å²) in [5.41, 5.74) is 1.29. The molecule has 3 nitrogen and oxygen atoms in total. The quantitative estimate of drug-likeness (QED) is 0.876. The number of hydrogen-bond donors (Lipinski definition) is 1. The SMILES string of the molecule is CN1C[C@@H](C(=O)NC2CC2)[C@H](c2ccccc2)C1. The maximum Gasteiger partial charge on any atom is 0.225 e. The lowest BCUT2D eigenvalue weighted by Gasteiger charge is -2.18. The van der Waals surface area contributed by atoms with Crippen molar-refractivity contribution in [1.29, 1.82) is 0 Å². The Morgan fingerprint density at radius 1 is 1.22 bits per heavy atom. The highest BCUT2D eigenvalue weighted by Gasteiger charge is 2.38. The Labute approximate surface area is 108 Å². The lowest BCUT2D eigenvalue weighted by molar-refractivity contribution is -0.125. The fourth-order valence-electron chi connectivity index (χ4n) is 2.84. The Kier molecular flexibility index (Phi) is 3.08. The van der Waals surface area contributed by atoms with E-state index in [0.717, 1.165) is 25.9 Å². The van der Waals surface area contributed by atoms with Crippen molar-refractivity contribution in [3.05, 3.63) is 35.9 Å². The number of likely N-dealkylation sites (N-methyl/N-ethyl adjacent to an activating group) is 1. The molecule has 2 aliphatic rings. The monoisotopic (exact) mass is 244 g/mol. The first-order valence-corrected chi connectivity index (χ1v) is 6.78. The first-order chi connectivity index (χ1) is 8.74. The van der Waals surface area contributed by atoms with Crippen LogP contribution in [0.4, 0.5) is 0 Å². The summed E-state index contributed by atoms with van der Waals surface area (Å²) < 4.78 is 0. The molecule has 1 aliphatic carbocycles. The zero-order valence-electron chi connectivity index (χ0n) is 10.8. The molecule has 1 saturated carbocycles. The number of nitrogens with zero attached hydrogens (tertiary/aromatic N) is 1. The molecule has 1 N–H and O–H groups in total. The molecule has 0 bridgehead atoms. The Morgan fingerprint density at radius 2 is 1.94 bits per heavy atom. The van der Waals surface area contributed by atoms with Crippen LogP contribution in [0.5, 0.6) is 0 Å². The van der Waals surface area contributed by atoms with E-state index in [1.807, 2.05) is 6.07 Å². The van der Waals surface area contributed by atoms with Gasteiger partial charge in [-0.15, -0.1) is 0 Å². The first kappa shape index (κ1) is 11.7. The zero-order chi connectivity index (χ0) is 12.5. The van der Waals surface area contributed by atoms with Crippen molar-refractivity contribution in [3.63, 3.8) is 0 Å². The van der Waals surface area contributed by atoms with Gasteiger partial charge in [0, 0.05) is 25.0 Å². The summed E-state index contributed by atoms with van der Waals surface area (Å²) in [6.07, 6.45) is 2.31. The number of nitrogens with one attached hydrogen (secondary N) is 1. The van der Waals surface area contributed by atoms with E-state index >= 15 is 0 Å².